The van der Waals surface area contributed by atoms with Crippen molar-refractivity contribution < 1.29 is 9.52 Å². The van der Waals surface area contributed by atoms with E-state index >= 15 is 0 Å². The largest absolute Gasteiger partial charge is 0.618 e. The molecule has 1 amide bonds. The third-order valence-electron chi connectivity index (χ3n) is 3.24. The van der Waals surface area contributed by atoms with Crippen LogP contribution in [0.1, 0.15) is 25.5 Å². The van der Waals surface area contributed by atoms with Crippen molar-refractivity contribution in [3.05, 3.63) is 63.4 Å². The molecule has 0 aliphatic rings. The lowest BCUT2D eigenvalue weighted by molar-refractivity contribution is -0.645. The van der Waals surface area contributed by atoms with E-state index in [2.05, 4.69) is 5.32 Å². The van der Waals surface area contributed by atoms with Crippen LogP contribution >= 0.6 is 35.0 Å². The topological polar surface area (TPSA) is 56.0 Å². The number of carbonyl (C=O) groups excluding carboxylic acids is 1. The van der Waals surface area contributed by atoms with Crippen LogP contribution in [0.3, 0.4) is 0 Å². The molecule has 2 aromatic rings. The van der Waals surface area contributed by atoms with Crippen molar-refractivity contribution in [2.24, 2.45) is 0 Å². The van der Waals surface area contributed by atoms with Crippen molar-refractivity contribution in [1.82, 2.24) is 5.32 Å². The molecule has 2 atom stereocenters. The lowest BCUT2D eigenvalue weighted by Gasteiger charge is -2.18. The van der Waals surface area contributed by atoms with Crippen LogP contribution in [0.25, 0.3) is 0 Å². The molecule has 0 bridgehead atoms. The minimum absolute atomic E-state index is 0.169. The second-order valence-electron chi connectivity index (χ2n) is 5.02. The van der Waals surface area contributed by atoms with Gasteiger partial charge in [0.1, 0.15) is 0 Å². The van der Waals surface area contributed by atoms with Gasteiger partial charge >= 0.3 is 0 Å². The molecular weight excluding hydrogens is 355 g/mol. The molecule has 0 fully saturated rings. The number of thioether (sulfide) groups is 1. The van der Waals surface area contributed by atoms with E-state index in [1.54, 1.807) is 43.3 Å². The highest BCUT2D eigenvalue weighted by atomic mass is 35.5. The van der Waals surface area contributed by atoms with Gasteiger partial charge in [0.15, 0.2) is 6.20 Å². The first kappa shape index (κ1) is 17.9. The van der Waals surface area contributed by atoms with Crippen molar-refractivity contribution in [1.29, 1.82) is 0 Å². The summed E-state index contributed by atoms with van der Waals surface area (Å²) in [4.78, 5) is 12.3. The van der Waals surface area contributed by atoms with Crippen molar-refractivity contribution in [3.8, 4) is 0 Å². The van der Waals surface area contributed by atoms with Gasteiger partial charge in [-0.15, -0.1) is 0 Å². The molecule has 1 aromatic carbocycles. The SMILES string of the molecule is C[C@H](Sc1cccc[n+]1[O-])C(=O)N[C@H](C)c1ccc(Cl)cc1Cl. The molecule has 0 spiro atoms. The summed E-state index contributed by atoms with van der Waals surface area (Å²) in [5.74, 6) is -0.169. The smallest absolute Gasteiger partial charge is 0.252 e. The van der Waals surface area contributed by atoms with Crippen LogP contribution in [0, 0.1) is 5.21 Å². The Morgan fingerprint density at radius 2 is 2.00 bits per heavy atom. The zero-order valence-electron chi connectivity index (χ0n) is 12.6. The van der Waals surface area contributed by atoms with E-state index in [-0.39, 0.29) is 11.9 Å². The number of hydrogen-bond acceptors (Lipinski definition) is 3. The fourth-order valence-corrected chi connectivity index (χ4v) is 3.43. The molecule has 2 rings (SSSR count). The maximum absolute atomic E-state index is 12.3. The Labute approximate surface area is 149 Å². The molecule has 23 heavy (non-hydrogen) atoms. The molecule has 0 aliphatic carbocycles. The fraction of sp³-hybridized carbons (Fsp3) is 0.250. The number of aromatic nitrogens is 1. The monoisotopic (exact) mass is 370 g/mol. The van der Waals surface area contributed by atoms with Crippen molar-refractivity contribution in [3.63, 3.8) is 0 Å². The number of nitrogens with one attached hydrogen (secondary N) is 1. The lowest BCUT2D eigenvalue weighted by atomic mass is 10.1. The van der Waals surface area contributed by atoms with Crippen LogP contribution in [-0.2, 0) is 4.79 Å². The van der Waals surface area contributed by atoms with Gasteiger partial charge in [-0.2, -0.15) is 4.73 Å². The average Bonchev–Trinajstić information content (AvgIpc) is 2.49. The Balaban J connectivity index is 2.01. The third-order valence-corrected chi connectivity index (χ3v) is 4.93. The lowest BCUT2D eigenvalue weighted by Crippen LogP contribution is -2.35. The Kier molecular flexibility index (Phi) is 6.16. The molecule has 1 aromatic heterocycles. The number of carbonyl (C=O) groups is 1. The second-order valence-corrected chi connectivity index (χ2v) is 7.23. The van der Waals surface area contributed by atoms with Gasteiger partial charge in [0.2, 0.25) is 5.91 Å². The summed E-state index contributed by atoms with van der Waals surface area (Å²) < 4.78 is 0.744. The van der Waals surface area contributed by atoms with Crippen LogP contribution < -0.4 is 10.0 Å². The van der Waals surface area contributed by atoms with Crippen LogP contribution in [0.5, 0.6) is 0 Å². The van der Waals surface area contributed by atoms with E-state index < -0.39 is 5.25 Å². The summed E-state index contributed by atoms with van der Waals surface area (Å²) in [7, 11) is 0. The molecule has 0 unspecified atom stereocenters. The number of hydrogen-bond donors (Lipinski definition) is 1. The maximum atomic E-state index is 12.3. The number of halogens is 2. The van der Waals surface area contributed by atoms with Gasteiger partial charge in [-0.25, -0.2) is 0 Å². The molecule has 1 heterocycles. The molecule has 0 saturated heterocycles. The molecule has 0 radical (unpaired) electrons. The number of benzene rings is 1. The van der Waals surface area contributed by atoms with Gasteiger partial charge in [0.25, 0.3) is 5.03 Å². The number of amides is 1. The first-order valence-corrected chi connectivity index (χ1v) is 8.62. The summed E-state index contributed by atoms with van der Waals surface area (Å²) in [5.41, 5.74) is 0.792. The van der Waals surface area contributed by atoms with Crippen molar-refractivity contribution in [2.75, 3.05) is 0 Å². The van der Waals surface area contributed by atoms with Crippen LogP contribution in [0.2, 0.25) is 10.0 Å². The first-order chi connectivity index (χ1) is 10.9. The zero-order valence-corrected chi connectivity index (χ0v) is 15.0. The van der Waals surface area contributed by atoms with Crippen LogP contribution in [-0.4, -0.2) is 11.2 Å². The fourth-order valence-electron chi connectivity index (χ4n) is 2.00. The molecule has 122 valence electrons. The minimum Gasteiger partial charge on any atom is -0.618 e. The summed E-state index contributed by atoms with van der Waals surface area (Å²) in [6.07, 6.45) is 1.41. The Bertz CT molecular complexity index is 712. The van der Waals surface area contributed by atoms with Gasteiger partial charge in [-0.05, 0) is 49.4 Å². The highest BCUT2D eigenvalue weighted by molar-refractivity contribution is 8.00. The molecule has 1 N–H and O–H groups in total. The van der Waals surface area contributed by atoms with Gasteiger partial charge in [0.05, 0.1) is 11.3 Å². The van der Waals surface area contributed by atoms with Gasteiger partial charge in [-0.3, -0.25) is 4.79 Å². The molecule has 0 aliphatic heterocycles. The Morgan fingerprint density at radius 3 is 2.65 bits per heavy atom. The summed E-state index contributed by atoms with van der Waals surface area (Å²) in [6, 6.07) is 9.99. The average molecular weight is 371 g/mol. The molecule has 4 nitrogen and oxygen atoms in total. The van der Waals surface area contributed by atoms with E-state index in [1.165, 1.54) is 18.0 Å². The summed E-state index contributed by atoms with van der Waals surface area (Å²) in [5, 5.41) is 15.6. The van der Waals surface area contributed by atoms with E-state index in [0.29, 0.717) is 15.1 Å². The van der Waals surface area contributed by atoms with Crippen molar-refractivity contribution in [2.45, 2.75) is 30.2 Å². The normalized spacial score (nSPS) is 13.4. The Hall–Kier alpha value is -1.43. The van der Waals surface area contributed by atoms with Gasteiger partial charge in [-0.1, -0.05) is 29.3 Å². The van der Waals surface area contributed by atoms with Gasteiger partial charge in [0, 0.05) is 22.2 Å². The molecule has 0 saturated carbocycles. The summed E-state index contributed by atoms with van der Waals surface area (Å²) >= 11 is 13.2. The van der Waals surface area contributed by atoms with E-state index in [9.17, 15) is 10.0 Å². The van der Waals surface area contributed by atoms with E-state index in [0.717, 1.165) is 10.3 Å². The number of rotatable bonds is 5. The number of pyridine rings is 1. The number of nitrogens with zero attached hydrogens (tertiary/aromatic N) is 1. The quantitative estimate of drug-likeness (QED) is 0.491. The molecular formula is C16H16Cl2N2O2S. The molecule has 7 heteroatoms. The predicted molar refractivity (Wildman–Crippen MR) is 93.7 cm³/mol. The van der Waals surface area contributed by atoms with Gasteiger partial charge < -0.3 is 10.5 Å². The van der Waals surface area contributed by atoms with E-state index in [1.807, 2.05) is 6.92 Å². The second kappa shape index (κ2) is 7.90. The minimum atomic E-state index is -0.411. The Morgan fingerprint density at radius 1 is 1.26 bits per heavy atom. The summed E-state index contributed by atoms with van der Waals surface area (Å²) in [6.45, 7) is 3.60. The van der Waals surface area contributed by atoms with Crippen LogP contribution in [0.4, 0.5) is 0 Å². The van der Waals surface area contributed by atoms with E-state index in [4.69, 9.17) is 23.2 Å². The zero-order chi connectivity index (χ0) is 17.0. The predicted octanol–water partition coefficient (Wildman–Crippen LogP) is 3.98. The first-order valence-electron chi connectivity index (χ1n) is 6.98. The third kappa shape index (κ3) is 4.77. The standard InChI is InChI=1S/C16H16Cl2N2O2S/c1-10(13-7-6-12(17)9-14(13)18)19-16(21)11(2)23-15-5-3-4-8-20(15)22/h3-11H,1-2H3,(H,19,21)/t10-,11+/m1/s1. The highest BCUT2D eigenvalue weighted by Crippen LogP contribution is 2.27. The highest BCUT2D eigenvalue weighted by Gasteiger charge is 2.21. The van der Waals surface area contributed by atoms with Crippen molar-refractivity contribution >= 4 is 40.9 Å². The van der Waals surface area contributed by atoms with Crippen LogP contribution in [0.15, 0.2) is 47.6 Å². The maximum Gasteiger partial charge on any atom is 0.252 e.